The van der Waals surface area contributed by atoms with Crippen LogP contribution in [-0.2, 0) is 18.9 Å². The molecule has 14 nitrogen and oxygen atoms in total. The number of rotatable bonds is 12. The zero-order chi connectivity index (χ0) is 44.7. The summed E-state index contributed by atoms with van der Waals surface area (Å²) in [5.41, 5.74) is 1.01. The molecule has 0 aliphatic rings. The molecular formula is C46H54O14. The number of carbonyl (C=O) groups excluding carboxylic acids is 4. The summed E-state index contributed by atoms with van der Waals surface area (Å²) in [7, 11) is 1.30. The molecule has 14 heteroatoms. The number of methoxy groups -OCH3 is 1. The zero-order valence-electron chi connectivity index (χ0n) is 34.4. The summed E-state index contributed by atoms with van der Waals surface area (Å²) in [6.07, 6.45) is 1.87. The quantitative estimate of drug-likeness (QED) is 0.0345. The lowest BCUT2D eigenvalue weighted by atomic mass is 10.2. The molecule has 0 aliphatic heterocycles. The van der Waals surface area contributed by atoms with Crippen LogP contribution in [0.2, 0.25) is 0 Å². The molecular weight excluding hydrogens is 776 g/mol. The van der Waals surface area contributed by atoms with Crippen molar-refractivity contribution >= 4 is 23.9 Å². The van der Waals surface area contributed by atoms with E-state index in [9.17, 15) is 34.5 Å². The van der Waals surface area contributed by atoms with Crippen molar-refractivity contribution in [3.63, 3.8) is 0 Å². The van der Waals surface area contributed by atoms with E-state index in [0.717, 1.165) is 19.3 Å². The predicted octanol–water partition coefficient (Wildman–Crippen LogP) is 8.46. The van der Waals surface area contributed by atoms with E-state index < -0.39 is 30.2 Å². The van der Waals surface area contributed by atoms with Gasteiger partial charge in [-0.25, -0.2) is 19.2 Å². The van der Waals surface area contributed by atoms with Crippen LogP contribution in [0.4, 0.5) is 0 Å². The number of phenolic OH excluding ortho intramolecular Hbond substituents is 4. The van der Waals surface area contributed by atoms with Crippen LogP contribution in [0.5, 0.6) is 28.7 Å². The Bertz CT molecular complexity index is 2000. The zero-order valence-corrected chi connectivity index (χ0v) is 34.4. The summed E-state index contributed by atoms with van der Waals surface area (Å²) >= 11 is 0. The molecule has 0 radical (unpaired) electrons. The van der Waals surface area contributed by atoms with Crippen LogP contribution >= 0.6 is 0 Å². The molecule has 322 valence electrons. The summed E-state index contributed by atoms with van der Waals surface area (Å²) < 4.78 is 23.9. The Morgan fingerprint density at radius 3 is 1.38 bits per heavy atom. The van der Waals surface area contributed by atoms with Gasteiger partial charge in [-0.1, -0.05) is 80.9 Å². The Morgan fingerprint density at radius 1 is 0.533 bits per heavy atom. The Hall–Kier alpha value is -7.06. The van der Waals surface area contributed by atoms with Gasteiger partial charge in [0.05, 0.1) is 32.5 Å². The molecule has 0 fully saturated rings. The molecule has 0 bridgehead atoms. The molecule has 1 unspecified atom stereocenters. The van der Waals surface area contributed by atoms with Crippen LogP contribution in [0, 0.1) is 0 Å². The van der Waals surface area contributed by atoms with Gasteiger partial charge in [0, 0.05) is 0 Å². The van der Waals surface area contributed by atoms with E-state index in [2.05, 4.69) is 4.74 Å². The second-order valence-electron chi connectivity index (χ2n) is 12.0. The molecule has 60 heavy (non-hydrogen) atoms. The third kappa shape index (κ3) is 20.9. The number of benzene rings is 5. The molecule has 1 atom stereocenters. The summed E-state index contributed by atoms with van der Waals surface area (Å²) in [6.45, 7) is 8.33. The molecule has 0 spiro atoms. The SMILES string of the molecule is CC(O)Oc1ccccc1.CCCCOC(=O)c1ccccc1O.CCCOC(=O)c1ccccc1O.CCOC(=O)c1ccccc1O.COC(=O)c1cccc(O)c1. The minimum absolute atomic E-state index is 0.0333. The van der Waals surface area contributed by atoms with Crippen LogP contribution in [0.1, 0.15) is 88.4 Å². The van der Waals surface area contributed by atoms with Crippen LogP contribution in [0.25, 0.3) is 0 Å². The molecule has 0 aliphatic carbocycles. The lowest BCUT2D eigenvalue weighted by molar-refractivity contribution is -0.000334. The summed E-state index contributed by atoms with van der Waals surface area (Å²) in [4.78, 5) is 44.5. The highest BCUT2D eigenvalue weighted by atomic mass is 16.6. The van der Waals surface area contributed by atoms with Gasteiger partial charge < -0.3 is 49.2 Å². The van der Waals surface area contributed by atoms with E-state index in [4.69, 9.17) is 29.2 Å². The summed E-state index contributed by atoms with van der Waals surface area (Å²) in [5.74, 6) is -1.23. The van der Waals surface area contributed by atoms with Crippen molar-refractivity contribution in [3.05, 3.63) is 150 Å². The topological polar surface area (TPSA) is 216 Å². The summed E-state index contributed by atoms with van der Waals surface area (Å²) in [5, 5.41) is 45.6. The smallest absolute Gasteiger partial charge is 0.341 e. The standard InChI is InChI=1S/C11H14O3.C10H12O3.C9H10O3.C8H8O3.C8H10O2/c1-2-3-8-14-11(13)9-6-4-5-7-10(9)12;1-2-7-13-10(12)8-5-3-4-6-9(8)11;1-2-12-9(11)7-5-3-4-6-8(7)10;1-11-8(10)6-3-2-4-7(9)5-6;1-7(9)10-8-5-3-2-4-6-8/h4-7,12H,2-3,8H2,1H3;3-6,11H,2,7H2,1H3;3-6,10H,2H2,1H3;2-5,9H,1H3;2-7,9H,1H3. The Kier molecular flexibility index (Phi) is 25.5. The van der Waals surface area contributed by atoms with Gasteiger partial charge in [0.1, 0.15) is 45.4 Å². The minimum atomic E-state index is -0.734. The number of aliphatic hydroxyl groups is 1. The van der Waals surface area contributed by atoms with E-state index >= 15 is 0 Å². The van der Waals surface area contributed by atoms with Crippen molar-refractivity contribution in [3.8, 4) is 28.7 Å². The molecule has 5 aromatic rings. The largest absolute Gasteiger partial charge is 0.508 e. The van der Waals surface area contributed by atoms with Crippen LogP contribution in [-0.4, -0.2) is 82.6 Å². The highest BCUT2D eigenvalue weighted by Crippen LogP contribution is 2.18. The second kappa shape index (κ2) is 30.1. The molecule has 0 saturated carbocycles. The molecule has 5 N–H and O–H groups in total. The van der Waals surface area contributed by atoms with Crippen LogP contribution < -0.4 is 4.74 Å². The Morgan fingerprint density at radius 2 is 0.983 bits per heavy atom. The van der Waals surface area contributed by atoms with Crippen molar-refractivity contribution < 1.29 is 68.4 Å². The maximum Gasteiger partial charge on any atom is 0.341 e. The number of ether oxygens (including phenoxy) is 5. The number of hydrogen-bond donors (Lipinski definition) is 5. The summed E-state index contributed by atoms with van der Waals surface area (Å²) in [6, 6.07) is 34.2. The molecule has 5 aromatic carbocycles. The number of para-hydroxylation sites is 4. The van der Waals surface area contributed by atoms with Crippen LogP contribution in [0.15, 0.2) is 127 Å². The van der Waals surface area contributed by atoms with Gasteiger partial charge in [-0.05, 0) is 93.4 Å². The van der Waals surface area contributed by atoms with E-state index in [-0.39, 0.29) is 39.7 Å². The third-order valence-electron chi connectivity index (χ3n) is 7.13. The molecule has 0 heterocycles. The van der Waals surface area contributed by atoms with Gasteiger partial charge in [-0.15, -0.1) is 0 Å². The van der Waals surface area contributed by atoms with Gasteiger partial charge in [-0.3, -0.25) is 0 Å². The molecule has 0 amide bonds. The fraction of sp³-hybridized carbons (Fsp3) is 0.261. The van der Waals surface area contributed by atoms with Gasteiger partial charge >= 0.3 is 23.9 Å². The van der Waals surface area contributed by atoms with Crippen molar-refractivity contribution in [2.24, 2.45) is 0 Å². The third-order valence-corrected chi connectivity index (χ3v) is 7.13. The first kappa shape index (κ1) is 51.0. The lowest BCUT2D eigenvalue weighted by Gasteiger charge is -2.06. The monoisotopic (exact) mass is 830 g/mol. The predicted molar refractivity (Wildman–Crippen MR) is 224 cm³/mol. The average Bonchev–Trinajstić information content (AvgIpc) is 3.24. The van der Waals surface area contributed by atoms with Crippen molar-refractivity contribution in [1.29, 1.82) is 0 Å². The molecule has 0 saturated heterocycles. The lowest BCUT2D eigenvalue weighted by Crippen LogP contribution is -2.08. The number of carbonyl (C=O) groups is 4. The molecule has 0 aromatic heterocycles. The van der Waals surface area contributed by atoms with Crippen molar-refractivity contribution in [2.45, 2.75) is 53.2 Å². The molecule has 5 rings (SSSR count). The van der Waals surface area contributed by atoms with Gasteiger partial charge in [0.15, 0.2) is 6.29 Å². The maximum absolute atomic E-state index is 11.4. The first-order valence-corrected chi connectivity index (χ1v) is 18.9. The van der Waals surface area contributed by atoms with Crippen molar-refractivity contribution in [1.82, 2.24) is 0 Å². The number of unbranched alkanes of at least 4 members (excludes halogenated alkanes) is 1. The van der Waals surface area contributed by atoms with E-state index in [1.165, 1.54) is 49.6 Å². The van der Waals surface area contributed by atoms with Gasteiger partial charge in [-0.2, -0.15) is 0 Å². The van der Waals surface area contributed by atoms with E-state index in [1.807, 2.05) is 32.0 Å². The van der Waals surface area contributed by atoms with E-state index in [1.54, 1.807) is 80.6 Å². The first-order valence-electron chi connectivity index (χ1n) is 18.9. The van der Waals surface area contributed by atoms with Crippen LogP contribution in [0.3, 0.4) is 0 Å². The normalized spacial score (nSPS) is 10.0. The van der Waals surface area contributed by atoms with Gasteiger partial charge in [0.2, 0.25) is 0 Å². The van der Waals surface area contributed by atoms with Gasteiger partial charge in [0.25, 0.3) is 0 Å². The number of esters is 4. The number of aromatic hydroxyl groups is 4. The average molecular weight is 831 g/mol. The fourth-order valence-electron chi connectivity index (χ4n) is 4.25. The highest BCUT2D eigenvalue weighted by molar-refractivity contribution is 5.93. The first-order chi connectivity index (χ1) is 28.8. The second-order valence-corrected chi connectivity index (χ2v) is 12.0. The number of phenols is 4. The maximum atomic E-state index is 11.4. The van der Waals surface area contributed by atoms with Crippen molar-refractivity contribution in [2.75, 3.05) is 26.9 Å². The fourth-order valence-corrected chi connectivity index (χ4v) is 4.25. The minimum Gasteiger partial charge on any atom is -0.508 e. The Labute approximate surface area is 350 Å². The Balaban J connectivity index is 0.000000377. The highest BCUT2D eigenvalue weighted by Gasteiger charge is 2.12. The number of hydrogen-bond acceptors (Lipinski definition) is 14. The van der Waals surface area contributed by atoms with E-state index in [0.29, 0.717) is 31.1 Å². The number of aliphatic hydroxyl groups excluding tert-OH is 1.